The highest BCUT2D eigenvalue weighted by Gasteiger charge is 2.11. The van der Waals surface area contributed by atoms with Gasteiger partial charge in [0.05, 0.1) is 0 Å². The SMILES string of the molecule is C=C/C=C(\C)N(C(/C=C\C)=C/C=C)C(/C=C\C)=C/C=C. The number of hydrogen-bond donors (Lipinski definition) is 0. The molecule has 0 aromatic heterocycles. The van der Waals surface area contributed by atoms with Crippen molar-refractivity contribution in [2.24, 2.45) is 0 Å². The molecular weight excluding hydrogens is 242 g/mol. The van der Waals surface area contributed by atoms with E-state index in [9.17, 15) is 0 Å². The van der Waals surface area contributed by atoms with E-state index < -0.39 is 0 Å². The summed E-state index contributed by atoms with van der Waals surface area (Å²) in [4.78, 5) is 2.13. The van der Waals surface area contributed by atoms with Crippen LogP contribution in [0.2, 0.25) is 0 Å². The highest BCUT2D eigenvalue weighted by atomic mass is 15.2. The van der Waals surface area contributed by atoms with Crippen molar-refractivity contribution >= 4 is 0 Å². The fourth-order valence-electron chi connectivity index (χ4n) is 1.79. The van der Waals surface area contributed by atoms with E-state index in [0.717, 1.165) is 17.1 Å². The maximum atomic E-state index is 3.79. The Kier molecular flexibility index (Phi) is 9.41. The minimum absolute atomic E-state index is 1.03. The molecule has 0 unspecified atom stereocenters. The Bertz CT molecular complexity index is 448. The molecule has 0 atom stereocenters. The van der Waals surface area contributed by atoms with E-state index in [1.807, 2.05) is 63.3 Å². The largest absolute Gasteiger partial charge is 0.315 e. The first-order valence-electron chi connectivity index (χ1n) is 6.66. The summed E-state index contributed by atoms with van der Waals surface area (Å²) in [5, 5.41) is 0. The predicted molar refractivity (Wildman–Crippen MR) is 92.0 cm³/mol. The standard InChI is InChI=1S/C19H25N/c1-7-12-17(6)20(18(13-8-2)14-9-3)19(15-10-4)16-11-5/h7-16H,1-2,4H2,3,5-6H3/b14-9-,16-11-,17-12+,18-13+,19-15+. The highest BCUT2D eigenvalue weighted by molar-refractivity contribution is 5.37. The highest BCUT2D eigenvalue weighted by Crippen LogP contribution is 2.22. The Labute approximate surface area is 124 Å². The molecule has 0 aromatic rings. The first-order chi connectivity index (χ1) is 9.65. The Morgan fingerprint density at radius 1 is 0.750 bits per heavy atom. The van der Waals surface area contributed by atoms with Crippen molar-refractivity contribution in [2.45, 2.75) is 20.8 Å². The monoisotopic (exact) mass is 267 g/mol. The summed E-state index contributed by atoms with van der Waals surface area (Å²) in [5.41, 5.74) is 3.13. The zero-order valence-corrected chi connectivity index (χ0v) is 12.8. The smallest absolute Gasteiger partial charge is 0.0454 e. The number of rotatable bonds is 8. The summed E-state index contributed by atoms with van der Waals surface area (Å²) in [6.07, 6.45) is 19.4. The van der Waals surface area contributed by atoms with Gasteiger partial charge in [-0.15, -0.1) is 0 Å². The van der Waals surface area contributed by atoms with E-state index in [-0.39, 0.29) is 0 Å². The van der Waals surface area contributed by atoms with Crippen molar-refractivity contribution in [1.29, 1.82) is 0 Å². The summed E-state index contributed by atoms with van der Waals surface area (Å²) in [5.74, 6) is 0. The topological polar surface area (TPSA) is 3.24 Å². The van der Waals surface area contributed by atoms with Crippen LogP contribution in [0.25, 0.3) is 0 Å². The quantitative estimate of drug-likeness (QED) is 0.512. The van der Waals surface area contributed by atoms with Crippen LogP contribution in [0.4, 0.5) is 0 Å². The van der Waals surface area contributed by atoms with Gasteiger partial charge in [-0.1, -0.05) is 50.1 Å². The zero-order valence-electron chi connectivity index (χ0n) is 12.8. The van der Waals surface area contributed by atoms with Gasteiger partial charge in [-0.25, -0.2) is 0 Å². The second-order valence-corrected chi connectivity index (χ2v) is 4.03. The molecule has 0 saturated carbocycles. The van der Waals surface area contributed by atoms with Crippen LogP contribution in [0.5, 0.6) is 0 Å². The lowest BCUT2D eigenvalue weighted by Crippen LogP contribution is -2.18. The molecule has 0 N–H and O–H groups in total. The van der Waals surface area contributed by atoms with Crippen LogP contribution in [0.1, 0.15) is 20.8 Å². The van der Waals surface area contributed by atoms with Crippen LogP contribution in [0, 0.1) is 0 Å². The fraction of sp³-hybridized carbons (Fsp3) is 0.158. The van der Waals surface area contributed by atoms with Gasteiger partial charge >= 0.3 is 0 Å². The van der Waals surface area contributed by atoms with Crippen LogP contribution in [0.3, 0.4) is 0 Å². The van der Waals surface area contributed by atoms with Crippen LogP contribution >= 0.6 is 0 Å². The first kappa shape index (κ1) is 17.7. The van der Waals surface area contributed by atoms with Gasteiger partial charge in [-0.3, -0.25) is 0 Å². The van der Waals surface area contributed by atoms with Crippen molar-refractivity contribution in [3.05, 3.63) is 97.6 Å². The van der Waals surface area contributed by atoms with Crippen LogP contribution in [-0.2, 0) is 0 Å². The van der Waals surface area contributed by atoms with E-state index in [2.05, 4.69) is 24.6 Å². The zero-order chi connectivity index (χ0) is 15.4. The van der Waals surface area contributed by atoms with E-state index in [1.165, 1.54) is 0 Å². The molecule has 0 radical (unpaired) electrons. The van der Waals surface area contributed by atoms with Crippen molar-refractivity contribution < 1.29 is 0 Å². The maximum absolute atomic E-state index is 3.79. The van der Waals surface area contributed by atoms with Gasteiger partial charge in [-0.05, 0) is 51.2 Å². The first-order valence-corrected chi connectivity index (χ1v) is 6.66. The van der Waals surface area contributed by atoms with Gasteiger partial charge in [-0.2, -0.15) is 0 Å². The minimum atomic E-state index is 1.03. The molecule has 0 aromatic carbocycles. The second-order valence-electron chi connectivity index (χ2n) is 4.03. The fourth-order valence-corrected chi connectivity index (χ4v) is 1.79. The molecule has 0 bridgehead atoms. The summed E-state index contributed by atoms with van der Waals surface area (Å²) >= 11 is 0. The lowest BCUT2D eigenvalue weighted by Gasteiger charge is -2.27. The molecule has 0 rings (SSSR count). The Morgan fingerprint density at radius 2 is 1.15 bits per heavy atom. The molecule has 0 heterocycles. The summed E-state index contributed by atoms with van der Waals surface area (Å²) in [6, 6.07) is 0. The molecule has 1 heteroatoms. The normalized spacial score (nSPS) is 13.8. The molecule has 0 aliphatic rings. The van der Waals surface area contributed by atoms with Crippen molar-refractivity contribution in [3.63, 3.8) is 0 Å². The molecular formula is C19H25N. The average molecular weight is 267 g/mol. The third kappa shape index (κ3) is 5.57. The van der Waals surface area contributed by atoms with Crippen molar-refractivity contribution in [2.75, 3.05) is 0 Å². The van der Waals surface area contributed by atoms with Crippen LogP contribution in [0.15, 0.2) is 97.6 Å². The molecule has 0 aliphatic heterocycles. The van der Waals surface area contributed by atoms with E-state index >= 15 is 0 Å². The van der Waals surface area contributed by atoms with E-state index in [1.54, 1.807) is 18.2 Å². The van der Waals surface area contributed by atoms with Gasteiger partial charge < -0.3 is 4.90 Å². The summed E-state index contributed by atoms with van der Waals surface area (Å²) in [6.45, 7) is 17.4. The third-order valence-corrected chi connectivity index (χ3v) is 2.48. The number of nitrogens with zero attached hydrogens (tertiary/aromatic N) is 1. The van der Waals surface area contributed by atoms with E-state index in [0.29, 0.717) is 0 Å². The van der Waals surface area contributed by atoms with E-state index in [4.69, 9.17) is 0 Å². The molecule has 0 amide bonds. The van der Waals surface area contributed by atoms with Crippen LogP contribution in [-0.4, -0.2) is 4.90 Å². The minimum Gasteiger partial charge on any atom is -0.315 e. The molecule has 0 saturated heterocycles. The maximum Gasteiger partial charge on any atom is 0.0454 e. The van der Waals surface area contributed by atoms with Gasteiger partial charge in [0.25, 0.3) is 0 Å². The Balaban J connectivity index is 6.05. The Morgan fingerprint density at radius 3 is 1.45 bits per heavy atom. The third-order valence-electron chi connectivity index (χ3n) is 2.48. The van der Waals surface area contributed by atoms with Gasteiger partial charge in [0.2, 0.25) is 0 Å². The number of allylic oxidation sites excluding steroid dienone is 11. The van der Waals surface area contributed by atoms with Crippen molar-refractivity contribution in [1.82, 2.24) is 4.90 Å². The molecule has 106 valence electrons. The van der Waals surface area contributed by atoms with Crippen molar-refractivity contribution in [3.8, 4) is 0 Å². The Hall–Kier alpha value is -2.28. The molecule has 1 nitrogen and oxygen atoms in total. The number of hydrogen-bond acceptors (Lipinski definition) is 1. The average Bonchev–Trinajstić information content (AvgIpc) is 2.40. The van der Waals surface area contributed by atoms with Gasteiger partial charge in [0.1, 0.15) is 0 Å². The molecule has 0 aliphatic carbocycles. The lowest BCUT2D eigenvalue weighted by atomic mass is 10.2. The summed E-state index contributed by atoms with van der Waals surface area (Å²) in [7, 11) is 0. The molecule has 20 heavy (non-hydrogen) atoms. The molecule has 0 spiro atoms. The molecule has 0 fully saturated rings. The van der Waals surface area contributed by atoms with Gasteiger partial charge in [0.15, 0.2) is 0 Å². The lowest BCUT2D eigenvalue weighted by molar-refractivity contribution is 0.561. The van der Waals surface area contributed by atoms with Gasteiger partial charge in [0, 0.05) is 17.1 Å². The predicted octanol–water partition coefficient (Wildman–Crippen LogP) is 5.67. The second kappa shape index (κ2) is 10.6. The van der Waals surface area contributed by atoms with Crippen LogP contribution < -0.4 is 0 Å². The summed E-state index contributed by atoms with van der Waals surface area (Å²) < 4.78 is 0.